The molecule has 5 heteroatoms. The van der Waals surface area contributed by atoms with Crippen molar-refractivity contribution in [3.8, 4) is 11.5 Å². The fraction of sp³-hybridized carbons (Fsp3) is 0.625. The van der Waals surface area contributed by atoms with Crippen LogP contribution in [0.1, 0.15) is 5.56 Å². The van der Waals surface area contributed by atoms with E-state index in [9.17, 15) is 0 Å². The largest absolute Gasteiger partial charge is 0.497 e. The predicted molar refractivity (Wildman–Crippen MR) is 83.1 cm³/mol. The molecule has 0 aromatic heterocycles. The van der Waals surface area contributed by atoms with Gasteiger partial charge in [-0.05, 0) is 17.7 Å². The molecule has 3 rings (SSSR count). The topological polar surface area (TPSA) is 37.0 Å². The molecule has 1 N–H and O–H groups in total. The summed E-state index contributed by atoms with van der Waals surface area (Å²) in [5.41, 5.74) is 1.25. The molecule has 2 aliphatic rings. The minimum Gasteiger partial charge on any atom is -0.497 e. The highest BCUT2D eigenvalue weighted by molar-refractivity contribution is 5.38. The Balaban J connectivity index is 1.57. The van der Waals surface area contributed by atoms with Crippen LogP contribution in [0.5, 0.6) is 11.5 Å². The van der Waals surface area contributed by atoms with Crippen LogP contribution >= 0.6 is 0 Å². The van der Waals surface area contributed by atoms with Gasteiger partial charge in [0.25, 0.3) is 0 Å². The molecule has 2 saturated heterocycles. The van der Waals surface area contributed by atoms with Crippen LogP contribution in [0.25, 0.3) is 0 Å². The first-order chi connectivity index (χ1) is 10.3. The number of benzene rings is 1. The summed E-state index contributed by atoms with van der Waals surface area (Å²) in [7, 11) is 3.40. The third-order valence-electron chi connectivity index (χ3n) is 4.50. The molecule has 2 fully saturated rings. The van der Waals surface area contributed by atoms with E-state index in [1.54, 1.807) is 14.2 Å². The molecule has 0 amide bonds. The summed E-state index contributed by atoms with van der Waals surface area (Å²) in [6, 6.07) is 6.89. The number of methoxy groups -OCH3 is 2. The molecule has 0 saturated carbocycles. The summed E-state index contributed by atoms with van der Waals surface area (Å²) < 4.78 is 10.7. The fourth-order valence-electron chi connectivity index (χ4n) is 3.03. The molecule has 116 valence electrons. The lowest BCUT2D eigenvalue weighted by Gasteiger charge is -2.43. The van der Waals surface area contributed by atoms with E-state index < -0.39 is 0 Å². The lowest BCUT2D eigenvalue weighted by Crippen LogP contribution is -2.61. The molecule has 0 unspecified atom stereocenters. The van der Waals surface area contributed by atoms with Gasteiger partial charge in [-0.2, -0.15) is 0 Å². The van der Waals surface area contributed by atoms with Crippen molar-refractivity contribution in [3.63, 3.8) is 0 Å². The van der Waals surface area contributed by atoms with E-state index in [1.807, 2.05) is 6.07 Å². The fourth-order valence-corrected chi connectivity index (χ4v) is 3.03. The highest BCUT2D eigenvalue weighted by Crippen LogP contribution is 2.24. The van der Waals surface area contributed by atoms with Crippen molar-refractivity contribution in [1.82, 2.24) is 15.1 Å². The van der Waals surface area contributed by atoms with E-state index >= 15 is 0 Å². The zero-order valence-electron chi connectivity index (χ0n) is 13.0. The van der Waals surface area contributed by atoms with E-state index in [-0.39, 0.29) is 0 Å². The minimum atomic E-state index is 0.768. The van der Waals surface area contributed by atoms with Crippen molar-refractivity contribution in [1.29, 1.82) is 0 Å². The Morgan fingerprint density at radius 1 is 1.00 bits per heavy atom. The Morgan fingerprint density at radius 3 is 2.10 bits per heavy atom. The molecule has 2 aliphatic heterocycles. The summed E-state index contributed by atoms with van der Waals surface area (Å²) in [6.45, 7) is 7.90. The first kappa shape index (κ1) is 14.6. The van der Waals surface area contributed by atoms with Gasteiger partial charge in [0.15, 0.2) is 0 Å². The second-order valence-electron chi connectivity index (χ2n) is 5.85. The zero-order chi connectivity index (χ0) is 14.7. The monoisotopic (exact) mass is 291 g/mol. The standard InChI is InChI=1S/C16H25N3O2/c1-20-15-7-13(8-16(9-15)21-2)12-18-3-5-19(6-4-18)14-10-17-11-14/h7-9,14,17H,3-6,10-12H2,1-2H3. The van der Waals surface area contributed by atoms with Crippen molar-refractivity contribution < 1.29 is 9.47 Å². The molecule has 1 aromatic carbocycles. The highest BCUT2D eigenvalue weighted by Gasteiger charge is 2.27. The molecule has 0 spiro atoms. The Hall–Kier alpha value is -1.30. The molecular weight excluding hydrogens is 266 g/mol. The van der Waals surface area contributed by atoms with Crippen molar-refractivity contribution in [2.24, 2.45) is 0 Å². The molecule has 21 heavy (non-hydrogen) atoms. The molecular formula is C16H25N3O2. The average Bonchev–Trinajstić information content (AvgIpc) is 2.47. The van der Waals surface area contributed by atoms with Crippen LogP contribution < -0.4 is 14.8 Å². The predicted octanol–water partition coefficient (Wildman–Crippen LogP) is 0.793. The maximum atomic E-state index is 5.34. The van der Waals surface area contributed by atoms with E-state index in [0.717, 1.165) is 50.3 Å². The van der Waals surface area contributed by atoms with Gasteiger partial charge in [0.05, 0.1) is 14.2 Å². The van der Waals surface area contributed by atoms with Crippen LogP contribution in [0.4, 0.5) is 0 Å². The van der Waals surface area contributed by atoms with Gasteiger partial charge in [0.1, 0.15) is 11.5 Å². The van der Waals surface area contributed by atoms with Gasteiger partial charge in [-0.1, -0.05) is 0 Å². The molecule has 0 radical (unpaired) electrons. The normalized spacial score (nSPS) is 21.0. The number of nitrogens with zero attached hydrogens (tertiary/aromatic N) is 2. The van der Waals surface area contributed by atoms with Crippen LogP contribution in [-0.2, 0) is 6.54 Å². The third-order valence-corrected chi connectivity index (χ3v) is 4.50. The summed E-state index contributed by atoms with van der Waals surface area (Å²) in [4.78, 5) is 5.12. The van der Waals surface area contributed by atoms with Crippen molar-refractivity contribution >= 4 is 0 Å². The Labute approximate surface area is 126 Å². The van der Waals surface area contributed by atoms with Crippen LogP contribution in [0.2, 0.25) is 0 Å². The van der Waals surface area contributed by atoms with Crippen LogP contribution in [0.3, 0.4) is 0 Å². The van der Waals surface area contributed by atoms with Crippen LogP contribution in [0, 0.1) is 0 Å². The van der Waals surface area contributed by atoms with Crippen molar-refractivity contribution in [3.05, 3.63) is 23.8 Å². The van der Waals surface area contributed by atoms with E-state index in [2.05, 4.69) is 27.2 Å². The second kappa shape index (κ2) is 6.64. The first-order valence-corrected chi connectivity index (χ1v) is 7.67. The summed E-state index contributed by atoms with van der Waals surface area (Å²) in [6.07, 6.45) is 0. The first-order valence-electron chi connectivity index (χ1n) is 7.67. The number of rotatable bonds is 5. The van der Waals surface area contributed by atoms with Crippen LogP contribution in [-0.4, -0.2) is 69.3 Å². The second-order valence-corrected chi connectivity index (χ2v) is 5.85. The Morgan fingerprint density at radius 2 is 1.62 bits per heavy atom. The molecule has 2 heterocycles. The van der Waals surface area contributed by atoms with Crippen molar-refractivity contribution in [2.75, 3.05) is 53.5 Å². The molecule has 5 nitrogen and oxygen atoms in total. The summed E-state index contributed by atoms with van der Waals surface area (Å²) in [5.74, 6) is 1.73. The smallest absolute Gasteiger partial charge is 0.122 e. The van der Waals surface area contributed by atoms with Gasteiger partial charge in [-0.3, -0.25) is 9.80 Å². The Kier molecular flexibility index (Phi) is 4.63. The van der Waals surface area contributed by atoms with Gasteiger partial charge in [-0.15, -0.1) is 0 Å². The number of ether oxygens (including phenoxy) is 2. The lowest BCUT2D eigenvalue weighted by atomic mass is 10.1. The van der Waals surface area contributed by atoms with E-state index in [4.69, 9.17) is 9.47 Å². The number of hydrogen-bond acceptors (Lipinski definition) is 5. The third kappa shape index (κ3) is 3.48. The number of hydrogen-bond donors (Lipinski definition) is 1. The van der Waals surface area contributed by atoms with Crippen molar-refractivity contribution in [2.45, 2.75) is 12.6 Å². The zero-order valence-corrected chi connectivity index (χ0v) is 13.0. The Bertz CT molecular complexity index is 446. The van der Waals surface area contributed by atoms with Gasteiger partial charge in [0, 0.05) is 57.9 Å². The maximum absolute atomic E-state index is 5.34. The average molecular weight is 291 g/mol. The molecule has 1 aromatic rings. The lowest BCUT2D eigenvalue weighted by molar-refractivity contribution is 0.0695. The summed E-state index contributed by atoms with van der Waals surface area (Å²) in [5, 5.41) is 3.35. The highest BCUT2D eigenvalue weighted by atomic mass is 16.5. The summed E-state index contributed by atoms with van der Waals surface area (Å²) >= 11 is 0. The van der Waals surface area contributed by atoms with Gasteiger partial charge in [-0.25, -0.2) is 0 Å². The molecule has 0 aliphatic carbocycles. The van der Waals surface area contributed by atoms with Gasteiger partial charge in [0.2, 0.25) is 0 Å². The number of piperazine rings is 1. The van der Waals surface area contributed by atoms with Gasteiger partial charge >= 0.3 is 0 Å². The maximum Gasteiger partial charge on any atom is 0.122 e. The molecule has 0 bridgehead atoms. The van der Waals surface area contributed by atoms with E-state index in [0.29, 0.717) is 0 Å². The molecule has 0 atom stereocenters. The van der Waals surface area contributed by atoms with E-state index in [1.165, 1.54) is 18.7 Å². The van der Waals surface area contributed by atoms with Crippen LogP contribution in [0.15, 0.2) is 18.2 Å². The number of nitrogens with one attached hydrogen (secondary N) is 1. The minimum absolute atomic E-state index is 0.768. The quantitative estimate of drug-likeness (QED) is 0.868. The SMILES string of the molecule is COc1cc(CN2CCN(C3CNC3)CC2)cc(OC)c1. The van der Waals surface area contributed by atoms with Gasteiger partial charge < -0.3 is 14.8 Å².